The smallest absolute Gasteiger partial charge is 0.384 e. The summed E-state index contributed by atoms with van der Waals surface area (Å²) in [5, 5.41) is 12.4. The van der Waals surface area contributed by atoms with E-state index in [9.17, 15) is 26.7 Å². The Morgan fingerprint density at radius 3 is 2.81 bits per heavy atom. The van der Waals surface area contributed by atoms with E-state index in [2.05, 4.69) is 4.72 Å². The molecule has 1 heterocycles. The zero-order valence-corrected chi connectivity index (χ0v) is 12.7. The van der Waals surface area contributed by atoms with Crippen molar-refractivity contribution in [3.63, 3.8) is 0 Å². The highest BCUT2D eigenvalue weighted by Gasteiger charge is 2.37. The Balaban J connectivity index is 2.00. The van der Waals surface area contributed by atoms with E-state index in [0.29, 0.717) is 18.4 Å². The molecule has 1 unspecified atom stereocenters. The molecule has 0 radical (unpaired) electrons. The average molecular weight is 343 g/mol. The van der Waals surface area contributed by atoms with Crippen LogP contribution >= 0.6 is 11.3 Å². The summed E-state index contributed by atoms with van der Waals surface area (Å²) in [4.78, 5) is 0.998. The first-order valence-electron chi connectivity index (χ1n) is 6.45. The van der Waals surface area contributed by atoms with Crippen LogP contribution in [0.1, 0.15) is 29.7 Å². The van der Waals surface area contributed by atoms with Gasteiger partial charge in [0.05, 0.1) is 12.2 Å². The largest absolute Gasteiger partial charge is 0.390 e. The van der Waals surface area contributed by atoms with Crippen molar-refractivity contribution < 1.29 is 26.7 Å². The minimum Gasteiger partial charge on any atom is -0.384 e. The van der Waals surface area contributed by atoms with E-state index in [0.717, 1.165) is 11.3 Å². The first-order chi connectivity index (χ1) is 9.61. The van der Waals surface area contributed by atoms with Gasteiger partial charge in [-0.1, -0.05) is 0 Å². The van der Waals surface area contributed by atoms with Crippen LogP contribution in [0.15, 0.2) is 11.4 Å². The van der Waals surface area contributed by atoms with Gasteiger partial charge in [0, 0.05) is 11.4 Å². The van der Waals surface area contributed by atoms with Crippen molar-refractivity contribution >= 4 is 21.4 Å². The van der Waals surface area contributed by atoms with Crippen LogP contribution < -0.4 is 4.72 Å². The van der Waals surface area contributed by atoms with Gasteiger partial charge >= 0.3 is 6.18 Å². The van der Waals surface area contributed by atoms with Crippen LogP contribution in [-0.2, 0) is 22.0 Å². The van der Waals surface area contributed by atoms with Gasteiger partial charge in [0.15, 0.2) is 0 Å². The van der Waals surface area contributed by atoms with E-state index in [-0.39, 0.29) is 6.54 Å². The molecule has 4 nitrogen and oxygen atoms in total. The van der Waals surface area contributed by atoms with Gasteiger partial charge < -0.3 is 5.11 Å². The van der Waals surface area contributed by atoms with E-state index < -0.39 is 34.0 Å². The van der Waals surface area contributed by atoms with Gasteiger partial charge in [0.25, 0.3) is 0 Å². The molecule has 1 aromatic heterocycles. The molecule has 1 atom stereocenters. The fourth-order valence-corrected chi connectivity index (χ4v) is 4.48. The van der Waals surface area contributed by atoms with E-state index in [1.807, 2.05) is 5.38 Å². The predicted octanol–water partition coefficient (Wildman–Crippen LogP) is 2.14. The van der Waals surface area contributed by atoms with Crippen LogP contribution in [0.3, 0.4) is 0 Å². The maximum Gasteiger partial charge on any atom is 0.390 e. The molecular weight excluding hydrogens is 327 g/mol. The third-order valence-electron chi connectivity index (χ3n) is 3.48. The topological polar surface area (TPSA) is 66.4 Å². The summed E-state index contributed by atoms with van der Waals surface area (Å²) in [6.07, 6.45) is -3.98. The maximum atomic E-state index is 12.1. The number of hydrogen-bond acceptors (Lipinski definition) is 4. The molecule has 1 aliphatic carbocycles. The van der Waals surface area contributed by atoms with Crippen molar-refractivity contribution in [1.82, 2.24) is 4.72 Å². The maximum absolute atomic E-state index is 12.1. The Bertz CT molecular complexity index is 597. The molecular formula is C12H16F3NO3S2. The lowest BCUT2D eigenvalue weighted by atomic mass is 9.83. The highest BCUT2D eigenvalue weighted by atomic mass is 32.2. The molecule has 0 saturated heterocycles. The fourth-order valence-electron chi connectivity index (χ4n) is 2.36. The summed E-state index contributed by atoms with van der Waals surface area (Å²) in [5.74, 6) is -1.02. The standard InChI is InChI=1S/C12H16F3NO3S2/c13-12(14,15)5-7-21(18,19)16-8-11(17)4-1-2-10-9(11)3-6-20-10/h3,6,16-17H,1-2,4-5,7-8H2. The number of sulfonamides is 1. The van der Waals surface area contributed by atoms with Gasteiger partial charge in [-0.05, 0) is 36.3 Å². The monoisotopic (exact) mass is 343 g/mol. The van der Waals surface area contributed by atoms with Crippen molar-refractivity contribution in [2.24, 2.45) is 0 Å². The van der Waals surface area contributed by atoms with E-state index in [4.69, 9.17) is 0 Å². The highest BCUT2D eigenvalue weighted by molar-refractivity contribution is 7.89. The molecule has 1 aromatic rings. The van der Waals surface area contributed by atoms with Crippen molar-refractivity contribution in [2.75, 3.05) is 12.3 Å². The Hall–Kier alpha value is -0.640. The van der Waals surface area contributed by atoms with Gasteiger partial charge in [-0.3, -0.25) is 0 Å². The first kappa shape index (κ1) is 16.7. The van der Waals surface area contributed by atoms with Crippen LogP contribution in [0.25, 0.3) is 0 Å². The van der Waals surface area contributed by atoms with E-state index >= 15 is 0 Å². The summed E-state index contributed by atoms with van der Waals surface area (Å²) in [7, 11) is -4.06. The quantitative estimate of drug-likeness (QED) is 0.861. The van der Waals surface area contributed by atoms with Crippen LogP contribution in [0.4, 0.5) is 13.2 Å². The van der Waals surface area contributed by atoms with Gasteiger partial charge in [-0.2, -0.15) is 13.2 Å². The summed E-state index contributed by atoms with van der Waals surface area (Å²) in [6.45, 7) is -0.295. The second kappa shape index (κ2) is 5.86. The number of aliphatic hydroxyl groups is 1. The Morgan fingerprint density at radius 2 is 2.14 bits per heavy atom. The lowest BCUT2D eigenvalue weighted by Crippen LogP contribution is -2.43. The van der Waals surface area contributed by atoms with Crippen molar-refractivity contribution in [1.29, 1.82) is 0 Å². The third-order valence-corrected chi connectivity index (χ3v) is 5.79. The zero-order valence-electron chi connectivity index (χ0n) is 11.1. The van der Waals surface area contributed by atoms with Gasteiger partial charge in [-0.15, -0.1) is 11.3 Å². The molecule has 0 spiro atoms. The molecule has 2 N–H and O–H groups in total. The lowest BCUT2D eigenvalue weighted by Gasteiger charge is -2.32. The molecule has 21 heavy (non-hydrogen) atoms. The number of nitrogens with one attached hydrogen (secondary N) is 1. The van der Waals surface area contributed by atoms with Crippen LogP contribution in [0, 0.1) is 0 Å². The van der Waals surface area contributed by atoms with Crippen LogP contribution in [0.5, 0.6) is 0 Å². The number of alkyl halides is 3. The van der Waals surface area contributed by atoms with E-state index in [1.165, 1.54) is 11.3 Å². The SMILES string of the molecule is O=S(=O)(CCC(F)(F)F)NCC1(O)CCCc2sccc21. The lowest BCUT2D eigenvalue weighted by molar-refractivity contribution is -0.130. The molecule has 0 amide bonds. The molecule has 0 bridgehead atoms. The predicted molar refractivity (Wildman–Crippen MR) is 73.6 cm³/mol. The summed E-state index contributed by atoms with van der Waals surface area (Å²) >= 11 is 1.49. The van der Waals surface area contributed by atoms with Gasteiger partial charge in [0.2, 0.25) is 10.0 Å². The minimum atomic E-state index is -4.52. The normalized spacial score (nSPS) is 23.0. The minimum absolute atomic E-state index is 0.295. The molecule has 0 aliphatic heterocycles. The average Bonchev–Trinajstić information content (AvgIpc) is 2.84. The number of aryl methyl sites for hydroxylation is 1. The Labute approximate surface area is 125 Å². The molecule has 0 saturated carbocycles. The number of halogens is 3. The van der Waals surface area contributed by atoms with E-state index in [1.54, 1.807) is 6.07 Å². The Kier molecular flexibility index (Phi) is 4.67. The second-order valence-electron chi connectivity index (χ2n) is 5.15. The van der Waals surface area contributed by atoms with Crippen molar-refractivity contribution in [2.45, 2.75) is 37.5 Å². The van der Waals surface area contributed by atoms with Gasteiger partial charge in [0.1, 0.15) is 5.60 Å². The molecule has 0 fully saturated rings. The van der Waals surface area contributed by atoms with Crippen molar-refractivity contribution in [3.8, 4) is 0 Å². The molecule has 9 heteroatoms. The fraction of sp³-hybridized carbons (Fsp3) is 0.667. The zero-order chi connectivity index (χ0) is 15.7. The van der Waals surface area contributed by atoms with Crippen LogP contribution in [-0.4, -0.2) is 32.0 Å². The Morgan fingerprint density at radius 1 is 1.43 bits per heavy atom. The molecule has 0 aromatic carbocycles. The number of hydrogen-bond donors (Lipinski definition) is 2. The molecule has 2 rings (SSSR count). The third kappa shape index (κ3) is 4.41. The second-order valence-corrected chi connectivity index (χ2v) is 8.07. The first-order valence-corrected chi connectivity index (χ1v) is 8.98. The number of thiophene rings is 1. The molecule has 120 valence electrons. The summed E-state index contributed by atoms with van der Waals surface area (Å²) < 4.78 is 61.5. The summed E-state index contributed by atoms with van der Waals surface area (Å²) in [6, 6.07) is 1.74. The van der Waals surface area contributed by atoms with Crippen molar-refractivity contribution in [3.05, 3.63) is 21.9 Å². The summed E-state index contributed by atoms with van der Waals surface area (Å²) in [5.41, 5.74) is -0.656. The number of rotatable bonds is 5. The van der Waals surface area contributed by atoms with Crippen LogP contribution in [0.2, 0.25) is 0 Å². The van der Waals surface area contributed by atoms with Gasteiger partial charge in [-0.25, -0.2) is 13.1 Å². The highest BCUT2D eigenvalue weighted by Crippen LogP contribution is 2.37. The molecule has 1 aliphatic rings. The number of fused-ring (bicyclic) bond motifs is 1.